The Morgan fingerprint density at radius 3 is 2.86 bits per heavy atom. The molecule has 0 amide bonds. The van der Waals surface area contributed by atoms with Crippen molar-refractivity contribution in [2.75, 3.05) is 5.32 Å². The third-order valence-corrected chi connectivity index (χ3v) is 3.35. The Morgan fingerprint density at radius 1 is 1.33 bits per heavy atom. The van der Waals surface area contributed by atoms with Gasteiger partial charge >= 0.3 is 0 Å². The zero-order chi connectivity index (χ0) is 15.2. The molecule has 4 heteroatoms. The second-order valence-corrected chi connectivity index (χ2v) is 5.05. The summed E-state index contributed by atoms with van der Waals surface area (Å²) in [6, 6.07) is 13.1. The van der Waals surface area contributed by atoms with Crippen molar-refractivity contribution in [3.63, 3.8) is 0 Å². The molecule has 2 aromatic rings. The summed E-state index contributed by atoms with van der Waals surface area (Å²) in [6.07, 6.45) is 2.76. The smallest absolute Gasteiger partial charge is 0.250 e. The lowest BCUT2D eigenvalue weighted by Crippen LogP contribution is -2.19. The Labute approximate surface area is 124 Å². The molecule has 108 valence electrons. The Morgan fingerprint density at radius 2 is 2.14 bits per heavy atom. The van der Waals surface area contributed by atoms with Gasteiger partial charge in [0, 0.05) is 24.8 Å². The zero-order valence-electron chi connectivity index (χ0n) is 12.3. The highest BCUT2D eigenvalue weighted by Gasteiger charge is 2.07. The van der Waals surface area contributed by atoms with Gasteiger partial charge < -0.3 is 9.88 Å². The van der Waals surface area contributed by atoms with Crippen molar-refractivity contribution in [2.24, 2.45) is 0 Å². The molecule has 1 heterocycles. The molecule has 1 aromatic heterocycles. The molecule has 0 spiro atoms. The van der Waals surface area contributed by atoms with Crippen molar-refractivity contribution in [3.8, 4) is 6.07 Å². The lowest BCUT2D eigenvalue weighted by atomic mass is 10.1. The van der Waals surface area contributed by atoms with Crippen LogP contribution in [0.15, 0.2) is 47.4 Å². The Kier molecular flexibility index (Phi) is 4.78. The van der Waals surface area contributed by atoms with E-state index in [-0.39, 0.29) is 11.6 Å². The predicted molar refractivity (Wildman–Crippen MR) is 84.2 cm³/mol. The average molecular weight is 281 g/mol. The normalized spacial score (nSPS) is 11.7. The van der Waals surface area contributed by atoms with Crippen LogP contribution >= 0.6 is 0 Å². The second kappa shape index (κ2) is 6.76. The van der Waals surface area contributed by atoms with Crippen LogP contribution < -0.4 is 10.9 Å². The van der Waals surface area contributed by atoms with E-state index in [1.165, 1.54) is 0 Å². The Bertz CT molecular complexity index is 712. The summed E-state index contributed by atoms with van der Waals surface area (Å²) in [5, 5.41) is 12.3. The van der Waals surface area contributed by atoms with Crippen LogP contribution in [-0.2, 0) is 6.54 Å². The SMILES string of the molecule is CCCn1cc(NC(C)c2cccc(C#N)c2)ccc1=O. The largest absolute Gasteiger partial charge is 0.377 e. The van der Waals surface area contributed by atoms with E-state index in [1.807, 2.05) is 38.2 Å². The molecule has 0 aliphatic rings. The summed E-state index contributed by atoms with van der Waals surface area (Å²) >= 11 is 0. The topological polar surface area (TPSA) is 57.8 Å². The first-order valence-electron chi connectivity index (χ1n) is 7.11. The summed E-state index contributed by atoms with van der Waals surface area (Å²) in [5.74, 6) is 0. The quantitative estimate of drug-likeness (QED) is 0.914. The van der Waals surface area contributed by atoms with E-state index in [0.29, 0.717) is 12.1 Å². The van der Waals surface area contributed by atoms with Gasteiger partial charge in [-0.1, -0.05) is 19.1 Å². The number of rotatable bonds is 5. The molecule has 0 fully saturated rings. The maximum absolute atomic E-state index is 11.7. The molecular weight excluding hydrogens is 262 g/mol. The van der Waals surface area contributed by atoms with Crippen molar-refractivity contribution in [1.82, 2.24) is 4.57 Å². The molecule has 1 N–H and O–H groups in total. The minimum Gasteiger partial charge on any atom is -0.377 e. The van der Waals surface area contributed by atoms with E-state index < -0.39 is 0 Å². The van der Waals surface area contributed by atoms with Gasteiger partial charge in [-0.15, -0.1) is 0 Å². The van der Waals surface area contributed by atoms with E-state index >= 15 is 0 Å². The lowest BCUT2D eigenvalue weighted by Gasteiger charge is -2.17. The molecule has 2 rings (SSSR count). The zero-order valence-corrected chi connectivity index (χ0v) is 12.3. The van der Waals surface area contributed by atoms with E-state index in [2.05, 4.69) is 11.4 Å². The lowest BCUT2D eigenvalue weighted by molar-refractivity contribution is 0.654. The number of aromatic nitrogens is 1. The van der Waals surface area contributed by atoms with Gasteiger partial charge in [0.2, 0.25) is 0 Å². The molecule has 1 aromatic carbocycles. The molecule has 1 unspecified atom stereocenters. The molecule has 0 saturated heterocycles. The van der Waals surface area contributed by atoms with E-state index in [0.717, 1.165) is 17.7 Å². The number of hydrogen-bond acceptors (Lipinski definition) is 3. The summed E-state index contributed by atoms with van der Waals surface area (Å²) in [6.45, 7) is 4.79. The van der Waals surface area contributed by atoms with Gasteiger partial charge in [-0.05, 0) is 37.1 Å². The van der Waals surface area contributed by atoms with Crippen LogP contribution in [0.3, 0.4) is 0 Å². The molecule has 0 radical (unpaired) electrons. The van der Waals surface area contributed by atoms with Crippen LogP contribution in [0.25, 0.3) is 0 Å². The van der Waals surface area contributed by atoms with Crippen LogP contribution in [0, 0.1) is 11.3 Å². The van der Waals surface area contributed by atoms with Gasteiger partial charge in [-0.3, -0.25) is 4.79 Å². The monoisotopic (exact) mass is 281 g/mol. The molecule has 0 bridgehead atoms. The summed E-state index contributed by atoms with van der Waals surface area (Å²) < 4.78 is 1.71. The highest BCUT2D eigenvalue weighted by Crippen LogP contribution is 2.19. The van der Waals surface area contributed by atoms with Crippen LogP contribution in [0.5, 0.6) is 0 Å². The van der Waals surface area contributed by atoms with Crippen LogP contribution in [0.4, 0.5) is 5.69 Å². The van der Waals surface area contributed by atoms with Crippen LogP contribution in [-0.4, -0.2) is 4.57 Å². The number of pyridine rings is 1. The minimum absolute atomic E-state index is 0.0153. The van der Waals surface area contributed by atoms with Crippen molar-refractivity contribution in [1.29, 1.82) is 5.26 Å². The van der Waals surface area contributed by atoms with Gasteiger partial charge in [0.15, 0.2) is 0 Å². The molecule has 0 saturated carbocycles. The Hall–Kier alpha value is -2.54. The van der Waals surface area contributed by atoms with Crippen LogP contribution in [0.1, 0.15) is 37.4 Å². The standard InChI is InChI=1S/C17H19N3O/c1-3-9-20-12-16(7-8-17(20)21)19-13(2)15-6-4-5-14(10-15)11-18/h4-8,10,12-13,19H,3,9H2,1-2H3. The van der Waals surface area contributed by atoms with Crippen molar-refractivity contribution in [3.05, 3.63) is 64.1 Å². The summed E-state index contributed by atoms with van der Waals surface area (Å²) in [5.41, 5.74) is 2.61. The van der Waals surface area contributed by atoms with E-state index in [4.69, 9.17) is 5.26 Å². The third kappa shape index (κ3) is 3.73. The fraction of sp³-hybridized carbons (Fsp3) is 0.294. The van der Waals surface area contributed by atoms with Gasteiger partial charge in [-0.25, -0.2) is 0 Å². The summed E-state index contributed by atoms with van der Waals surface area (Å²) in [4.78, 5) is 11.7. The van der Waals surface area contributed by atoms with Gasteiger partial charge in [-0.2, -0.15) is 5.26 Å². The molecule has 21 heavy (non-hydrogen) atoms. The van der Waals surface area contributed by atoms with E-state index in [1.54, 1.807) is 22.8 Å². The number of nitrogens with one attached hydrogen (secondary N) is 1. The van der Waals surface area contributed by atoms with Gasteiger partial charge in [0.1, 0.15) is 0 Å². The maximum atomic E-state index is 11.7. The number of aryl methyl sites for hydroxylation is 1. The highest BCUT2D eigenvalue weighted by atomic mass is 16.1. The highest BCUT2D eigenvalue weighted by molar-refractivity contribution is 5.44. The summed E-state index contributed by atoms with van der Waals surface area (Å²) in [7, 11) is 0. The molecule has 0 aliphatic heterocycles. The number of nitrogens with zero attached hydrogens (tertiary/aromatic N) is 2. The number of hydrogen-bond donors (Lipinski definition) is 1. The molecular formula is C17H19N3O. The van der Waals surface area contributed by atoms with Gasteiger partial charge in [0.25, 0.3) is 5.56 Å². The number of anilines is 1. The molecule has 1 atom stereocenters. The fourth-order valence-corrected chi connectivity index (χ4v) is 2.24. The number of benzene rings is 1. The Balaban J connectivity index is 2.19. The van der Waals surface area contributed by atoms with Gasteiger partial charge in [0.05, 0.1) is 17.3 Å². The van der Waals surface area contributed by atoms with Crippen molar-refractivity contribution < 1.29 is 0 Å². The number of nitriles is 1. The predicted octanol–water partition coefficient (Wildman–Crippen LogP) is 3.30. The van der Waals surface area contributed by atoms with E-state index in [9.17, 15) is 4.79 Å². The molecule has 0 aliphatic carbocycles. The fourth-order valence-electron chi connectivity index (χ4n) is 2.24. The second-order valence-electron chi connectivity index (χ2n) is 5.05. The maximum Gasteiger partial charge on any atom is 0.250 e. The van der Waals surface area contributed by atoms with Crippen molar-refractivity contribution >= 4 is 5.69 Å². The first-order chi connectivity index (χ1) is 10.1. The van der Waals surface area contributed by atoms with Crippen molar-refractivity contribution in [2.45, 2.75) is 32.9 Å². The van der Waals surface area contributed by atoms with Crippen LogP contribution in [0.2, 0.25) is 0 Å². The first kappa shape index (κ1) is 14.9. The average Bonchev–Trinajstić information content (AvgIpc) is 2.51. The first-order valence-corrected chi connectivity index (χ1v) is 7.11. The minimum atomic E-state index is 0.0153. The third-order valence-electron chi connectivity index (χ3n) is 3.35. The molecule has 4 nitrogen and oxygen atoms in total.